The summed E-state index contributed by atoms with van der Waals surface area (Å²) in [4.78, 5) is 11.0. The number of nitrogens with one attached hydrogen (secondary N) is 2. The van der Waals surface area contributed by atoms with Crippen LogP contribution in [-0.4, -0.2) is 46.4 Å². The molecule has 2 aromatic rings. The maximum Gasteiger partial charge on any atom is 0.191 e. The molecule has 0 bridgehead atoms. The molecule has 0 spiro atoms. The first-order chi connectivity index (χ1) is 14.1. The SMILES string of the molecule is CCNC(=NCc1c(CC)nn(C)c1CC)NC1CCN(c2ncccc2F)C1. The molecule has 1 atom stereocenters. The van der Waals surface area contributed by atoms with Crippen LogP contribution in [0.4, 0.5) is 10.2 Å². The van der Waals surface area contributed by atoms with Crippen LogP contribution in [0.25, 0.3) is 0 Å². The molecule has 29 heavy (non-hydrogen) atoms. The number of hydrogen-bond donors (Lipinski definition) is 2. The largest absolute Gasteiger partial charge is 0.357 e. The second-order valence-corrected chi connectivity index (χ2v) is 7.28. The fourth-order valence-electron chi connectivity index (χ4n) is 3.92. The molecule has 2 N–H and O–H groups in total. The minimum absolute atomic E-state index is 0.194. The Morgan fingerprint density at radius 3 is 2.83 bits per heavy atom. The van der Waals surface area contributed by atoms with Gasteiger partial charge in [0.25, 0.3) is 0 Å². The summed E-state index contributed by atoms with van der Waals surface area (Å²) in [7, 11) is 2.00. The zero-order valence-electron chi connectivity index (χ0n) is 17.9. The summed E-state index contributed by atoms with van der Waals surface area (Å²) in [5.74, 6) is 0.938. The van der Waals surface area contributed by atoms with Gasteiger partial charge in [0.05, 0.1) is 12.2 Å². The molecule has 8 heteroatoms. The van der Waals surface area contributed by atoms with Crippen LogP contribution in [0.2, 0.25) is 0 Å². The van der Waals surface area contributed by atoms with E-state index in [0.717, 1.165) is 44.0 Å². The molecular weight excluding hydrogens is 369 g/mol. The quantitative estimate of drug-likeness (QED) is 0.551. The summed E-state index contributed by atoms with van der Waals surface area (Å²) in [6.07, 6.45) is 4.38. The molecule has 1 unspecified atom stereocenters. The predicted octanol–water partition coefficient (Wildman–Crippen LogP) is 2.41. The van der Waals surface area contributed by atoms with Crippen LogP contribution in [-0.2, 0) is 26.4 Å². The molecule has 0 amide bonds. The van der Waals surface area contributed by atoms with Crippen LogP contribution >= 0.6 is 0 Å². The first-order valence-electron chi connectivity index (χ1n) is 10.5. The van der Waals surface area contributed by atoms with Crippen molar-refractivity contribution < 1.29 is 4.39 Å². The zero-order chi connectivity index (χ0) is 20.8. The summed E-state index contributed by atoms with van der Waals surface area (Å²) in [6, 6.07) is 3.27. The van der Waals surface area contributed by atoms with Gasteiger partial charge in [0, 0.05) is 50.2 Å². The number of halogens is 1. The van der Waals surface area contributed by atoms with Gasteiger partial charge >= 0.3 is 0 Å². The molecule has 1 aliphatic rings. The van der Waals surface area contributed by atoms with Crippen LogP contribution < -0.4 is 15.5 Å². The Bertz CT molecular complexity index is 846. The summed E-state index contributed by atoms with van der Waals surface area (Å²) in [5.41, 5.74) is 3.57. The molecule has 3 heterocycles. The fraction of sp³-hybridized carbons (Fsp3) is 0.571. The van der Waals surface area contributed by atoms with Crippen molar-refractivity contribution >= 4 is 11.8 Å². The topological polar surface area (TPSA) is 70.4 Å². The lowest BCUT2D eigenvalue weighted by Crippen LogP contribution is -2.44. The van der Waals surface area contributed by atoms with E-state index in [1.54, 1.807) is 12.3 Å². The van der Waals surface area contributed by atoms with Gasteiger partial charge in [0.2, 0.25) is 0 Å². The number of aryl methyl sites for hydroxylation is 2. The monoisotopic (exact) mass is 401 g/mol. The van der Waals surface area contributed by atoms with Crippen molar-refractivity contribution in [2.45, 2.75) is 52.6 Å². The number of nitrogens with zero attached hydrogens (tertiary/aromatic N) is 5. The van der Waals surface area contributed by atoms with Crippen LogP contribution in [0, 0.1) is 5.82 Å². The highest BCUT2D eigenvalue weighted by Crippen LogP contribution is 2.21. The Hall–Kier alpha value is -2.64. The normalized spacial score (nSPS) is 17.1. The standard InChI is InChI=1S/C21H32FN7/c1-5-18-16(19(6-2)28(4)27-18)13-25-21(23-7-3)26-15-10-12-29(14-15)20-17(22)9-8-11-24-20/h8-9,11,15H,5-7,10,12-14H2,1-4H3,(H2,23,25,26). The molecule has 1 fully saturated rings. The Labute approximate surface area is 172 Å². The molecule has 2 aromatic heterocycles. The fourth-order valence-corrected chi connectivity index (χ4v) is 3.92. The Morgan fingerprint density at radius 1 is 1.31 bits per heavy atom. The Morgan fingerprint density at radius 2 is 2.14 bits per heavy atom. The number of rotatable bonds is 7. The molecule has 0 aromatic carbocycles. The van der Waals surface area contributed by atoms with Gasteiger partial charge in [-0.25, -0.2) is 14.4 Å². The van der Waals surface area contributed by atoms with E-state index in [4.69, 9.17) is 4.99 Å². The van der Waals surface area contributed by atoms with Crippen molar-refractivity contribution in [3.05, 3.63) is 41.1 Å². The van der Waals surface area contributed by atoms with Crippen molar-refractivity contribution in [2.24, 2.45) is 12.0 Å². The number of aromatic nitrogens is 3. The van der Waals surface area contributed by atoms with Crippen LogP contribution in [0.1, 0.15) is 44.1 Å². The average Bonchev–Trinajstić information content (AvgIpc) is 3.30. The van der Waals surface area contributed by atoms with Crippen LogP contribution in [0.3, 0.4) is 0 Å². The van der Waals surface area contributed by atoms with E-state index in [-0.39, 0.29) is 11.9 Å². The summed E-state index contributed by atoms with van der Waals surface area (Å²) >= 11 is 0. The summed E-state index contributed by atoms with van der Waals surface area (Å²) < 4.78 is 16.0. The van der Waals surface area contributed by atoms with Crippen molar-refractivity contribution in [1.82, 2.24) is 25.4 Å². The van der Waals surface area contributed by atoms with Crippen molar-refractivity contribution in [3.8, 4) is 0 Å². The summed E-state index contributed by atoms with van der Waals surface area (Å²) in [5, 5.41) is 11.5. The van der Waals surface area contributed by atoms with Gasteiger partial charge in [-0.05, 0) is 38.3 Å². The maximum absolute atomic E-state index is 14.0. The van der Waals surface area contributed by atoms with Crippen molar-refractivity contribution in [3.63, 3.8) is 0 Å². The van der Waals surface area contributed by atoms with Gasteiger partial charge in [-0.3, -0.25) is 4.68 Å². The number of pyridine rings is 1. The lowest BCUT2D eigenvalue weighted by molar-refractivity contribution is 0.612. The van der Waals surface area contributed by atoms with E-state index in [1.165, 1.54) is 17.3 Å². The number of anilines is 1. The third-order valence-electron chi connectivity index (χ3n) is 5.34. The summed E-state index contributed by atoms with van der Waals surface area (Å²) in [6.45, 7) is 9.19. The predicted molar refractivity (Wildman–Crippen MR) is 115 cm³/mol. The molecule has 0 aliphatic carbocycles. The minimum Gasteiger partial charge on any atom is -0.357 e. The molecule has 3 rings (SSSR count). The van der Waals surface area contributed by atoms with Gasteiger partial charge < -0.3 is 15.5 Å². The van der Waals surface area contributed by atoms with Gasteiger partial charge in [0.1, 0.15) is 0 Å². The molecule has 1 aliphatic heterocycles. The van der Waals surface area contributed by atoms with E-state index in [0.29, 0.717) is 18.9 Å². The molecule has 0 radical (unpaired) electrons. The maximum atomic E-state index is 14.0. The molecule has 7 nitrogen and oxygen atoms in total. The van der Waals surface area contributed by atoms with Gasteiger partial charge in [0.15, 0.2) is 17.6 Å². The molecule has 1 saturated heterocycles. The number of aliphatic imine (C=N–C) groups is 1. The highest BCUT2D eigenvalue weighted by molar-refractivity contribution is 5.80. The van der Waals surface area contributed by atoms with Crippen LogP contribution in [0.5, 0.6) is 0 Å². The minimum atomic E-state index is -0.274. The Kier molecular flexibility index (Phi) is 7.06. The first kappa shape index (κ1) is 21.1. The van der Waals surface area contributed by atoms with Gasteiger partial charge in [-0.15, -0.1) is 0 Å². The Balaban J connectivity index is 1.69. The van der Waals surface area contributed by atoms with Gasteiger partial charge in [-0.1, -0.05) is 13.8 Å². The van der Waals surface area contributed by atoms with E-state index < -0.39 is 0 Å². The van der Waals surface area contributed by atoms with Gasteiger partial charge in [-0.2, -0.15) is 5.10 Å². The van der Waals surface area contributed by atoms with Crippen molar-refractivity contribution in [2.75, 3.05) is 24.5 Å². The van der Waals surface area contributed by atoms with E-state index >= 15 is 0 Å². The average molecular weight is 402 g/mol. The van der Waals surface area contributed by atoms with Crippen molar-refractivity contribution in [1.29, 1.82) is 0 Å². The zero-order valence-corrected chi connectivity index (χ0v) is 17.9. The van der Waals surface area contributed by atoms with Crippen LogP contribution in [0.15, 0.2) is 23.3 Å². The highest BCUT2D eigenvalue weighted by atomic mass is 19.1. The second-order valence-electron chi connectivity index (χ2n) is 7.28. The first-order valence-corrected chi connectivity index (χ1v) is 10.5. The number of hydrogen-bond acceptors (Lipinski definition) is 4. The lowest BCUT2D eigenvalue weighted by Gasteiger charge is -2.20. The van der Waals surface area contributed by atoms with E-state index in [1.807, 2.05) is 16.6 Å². The third-order valence-corrected chi connectivity index (χ3v) is 5.34. The third kappa shape index (κ3) is 4.86. The van der Waals surface area contributed by atoms with E-state index in [2.05, 4.69) is 41.5 Å². The second kappa shape index (κ2) is 9.71. The lowest BCUT2D eigenvalue weighted by atomic mass is 10.1. The number of guanidine groups is 1. The highest BCUT2D eigenvalue weighted by Gasteiger charge is 2.26. The molecule has 158 valence electrons. The van der Waals surface area contributed by atoms with E-state index in [9.17, 15) is 4.39 Å². The molecule has 0 saturated carbocycles. The molecular formula is C21H32FN7. The smallest absolute Gasteiger partial charge is 0.191 e.